The number of aromatic nitrogens is 2. The third-order valence-corrected chi connectivity index (χ3v) is 4.74. The molecule has 1 aromatic heterocycles. The number of ketones is 1. The summed E-state index contributed by atoms with van der Waals surface area (Å²) in [5, 5.41) is 11.9. The number of anilines is 2. The van der Waals surface area contributed by atoms with Crippen LogP contribution in [-0.4, -0.2) is 28.3 Å². The zero-order chi connectivity index (χ0) is 14.5. The molecule has 5 nitrogen and oxygen atoms in total. The molecule has 0 aliphatic heterocycles. The molecule has 1 N–H and O–H groups in total. The number of hydrogen-bond acceptors (Lipinski definition) is 7. The number of thioether (sulfide) groups is 1. The molecule has 0 aliphatic rings. The Bertz CT molecular complexity index is 584. The zero-order valence-electron chi connectivity index (χ0n) is 11.4. The van der Waals surface area contributed by atoms with Gasteiger partial charge in [-0.25, -0.2) is 0 Å². The van der Waals surface area contributed by atoms with Gasteiger partial charge in [-0.15, -0.1) is 10.2 Å². The summed E-state index contributed by atoms with van der Waals surface area (Å²) in [6, 6.07) is 7.56. The van der Waals surface area contributed by atoms with Crippen LogP contribution in [0.4, 0.5) is 10.8 Å². The number of Topliss-reactive ketones (excluding diaryl/α,β-unsaturated/α-hetero) is 1. The topological polar surface area (TPSA) is 64.1 Å². The third kappa shape index (κ3) is 3.94. The molecule has 0 saturated carbocycles. The van der Waals surface area contributed by atoms with Crippen molar-refractivity contribution < 1.29 is 9.53 Å². The summed E-state index contributed by atoms with van der Waals surface area (Å²) in [6.45, 7) is 3.44. The highest BCUT2D eigenvalue weighted by Gasteiger charge is 2.13. The Morgan fingerprint density at radius 2 is 2.05 bits per heavy atom. The molecule has 0 amide bonds. The number of ether oxygens (including phenoxy) is 1. The molecule has 2 rings (SSSR count). The van der Waals surface area contributed by atoms with Gasteiger partial charge in [-0.1, -0.05) is 23.1 Å². The third-order valence-electron chi connectivity index (χ3n) is 2.60. The minimum atomic E-state index is -0.100. The molecule has 1 heterocycles. The maximum atomic E-state index is 11.2. The van der Waals surface area contributed by atoms with Crippen LogP contribution in [0.15, 0.2) is 28.6 Å². The number of nitrogens with zero attached hydrogens (tertiary/aromatic N) is 2. The Labute approximate surface area is 125 Å². The average molecular weight is 309 g/mol. The first kappa shape index (κ1) is 14.8. The Balaban J connectivity index is 1.99. The van der Waals surface area contributed by atoms with E-state index in [0.717, 1.165) is 15.8 Å². The van der Waals surface area contributed by atoms with Gasteiger partial charge in [-0.3, -0.25) is 4.79 Å². The minimum Gasteiger partial charge on any atom is -0.497 e. The predicted octanol–water partition coefficient (Wildman–Crippen LogP) is 3.36. The van der Waals surface area contributed by atoms with Gasteiger partial charge in [0.1, 0.15) is 11.5 Å². The summed E-state index contributed by atoms with van der Waals surface area (Å²) >= 11 is 2.85. The molecule has 0 spiro atoms. The normalized spacial score (nSPS) is 11.9. The molecule has 2 aromatic rings. The second-order valence-electron chi connectivity index (χ2n) is 4.10. The van der Waals surface area contributed by atoms with Crippen molar-refractivity contribution in [2.75, 3.05) is 12.4 Å². The van der Waals surface area contributed by atoms with E-state index in [1.807, 2.05) is 31.2 Å². The van der Waals surface area contributed by atoms with E-state index < -0.39 is 0 Å². The summed E-state index contributed by atoms with van der Waals surface area (Å²) in [5.74, 6) is 0.939. The number of carbonyl (C=O) groups is 1. The number of carbonyl (C=O) groups excluding carboxylic acids is 1. The van der Waals surface area contributed by atoms with E-state index in [9.17, 15) is 4.79 Å². The number of benzene rings is 1. The molecule has 0 unspecified atom stereocenters. The number of methoxy groups -OCH3 is 1. The first-order valence-electron chi connectivity index (χ1n) is 6.00. The molecular formula is C13H15N3O2S2. The molecule has 0 radical (unpaired) electrons. The lowest BCUT2D eigenvalue weighted by atomic mass is 10.3. The van der Waals surface area contributed by atoms with Gasteiger partial charge in [-0.2, -0.15) is 0 Å². The second-order valence-corrected chi connectivity index (χ2v) is 6.66. The summed E-state index contributed by atoms with van der Waals surface area (Å²) in [4.78, 5) is 11.2. The van der Waals surface area contributed by atoms with E-state index in [1.165, 1.54) is 23.1 Å². The molecule has 1 aromatic carbocycles. The van der Waals surface area contributed by atoms with Crippen molar-refractivity contribution in [2.24, 2.45) is 0 Å². The Morgan fingerprint density at radius 3 is 2.65 bits per heavy atom. The maximum Gasteiger partial charge on any atom is 0.210 e. The van der Waals surface area contributed by atoms with Gasteiger partial charge in [0.05, 0.1) is 12.4 Å². The lowest BCUT2D eigenvalue weighted by molar-refractivity contribution is -0.116. The van der Waals surface area contributed by atoms with Crippen LogP contribution in [-0.2, 0) is 4.79 Å². The summed E-state index contributed by atoms with van der Waals surface area (Å²) in [6.07, 6.45) is 0. The van der Waals surface area contributed by atoms with Gasteiger partial charge in [-0.05, 0) is 38.1 Å². The minimum absolute atomic E-state index is 0.100. The number of rotatable bonds is 6. The van der Waals surface area contributed by atoms with Crippen LogP contribution in [0.1, 0.15) is 13.8 Å². The number of hydrogen-bond donors (Lipinski definition) is 1. The van der Waals surface area contributed by atoms with Crippen LogP contribution in [0, 0.1) is 0 Å². The van der Waals surface area contributed by atoms with Gasteiger partial charge in [0, 0.05) is 5.69 Å². The van der Waals surface area contributed by atoms with Gasteiger partial charge >= 0.3 is 0 Å². The van der Waals surface area contributed by atoms with Gasteiger partial charge in [0.15, 0.2) is 4.34 Å². The fourth-order valence-electron chi connectivity index (χ4n) is 1.34. The first-order chi connectivity index (χ1) is 9.58. The fraction of sp³-hybridized carbons (Fsp3) is 0.308. The lowest BCUT2D eigenvalue weighted by Gasteiger charge is -2.03. The predicted molar refractivity (Wildman–Crippen MR) is 82.2 cm³/mol. The van der Waals surface area contributed by atoms with Crippen molar-refractivity contribution in [1.29, 1.82) is 0 Å². The Morgan fingerprint density at radius 1 is 1.35 bits per heavy atom. The second kappa shape index (κ2) is 6.71. The van der Waals surface area contributed by atoms with Crippen molar-refractivity contribution in [1.82, 2.24) is 10.2 Å². The van der Waals surface area contributed by atoms with Crippen LogP contribution in [0.5, 0.6) is 5.75 Å². The van der Waals surface area contributed by atoms with Crippen LogP contribution in [0.3, 0.4) is 0 Å². The van der Waals surface area contributed by atoms with Gasteiger partial charge in [0.2, 0.25) is 5.13 Å². The van der Waals surface area contributed by atoms with Gasteiger partial charge < -0.3 is 10.1 Å². The highest BCUT2D eigenvalue weighted by molar-refractivity contribution is 8.02. The van der Waals surface area contributed by atoms with Gasteiger partial charge in [0.25, 0.3) is 0 Å². The Hall–Kier alpha value is -1.60. The molecule has 0 bridgehead atoms. The van der Waals surface area contributed by atoms with E-state index in [0.29, 0.717) is 5.13 Å². The van der Waals surface area contributed by atoms with E-state index in [-0.39, 0.29) is 11.0 Å². The summed E-state index contributed by atoms with van der Waals surface area (Å²) < 4.78 is 5.88. The zero-order valence-corrected chi connectivity index (χ0v) is 13.0. The molecule has 0 fully saturated rings. The van der Waals surface area contributed by atoms with Crippen LogP contribution < -0.4 is 10.1 Å². The van der Waals surface area contributed by atoms with E-state index in [1.54, 1.807) is 14.0 Å². The number of nitrogens with one attached hydrogen (secondary N) is 1. The largest absolute Gasteiger partial charge is 0.497 e. The van der Waals surface area contributed by atoms with Crippen molar-refractivity contribution in [3.8, 4) is 5.75 Å². The van der Waals surface area contributed by atoms with Crippen molar-refractivity contribution in [3.63, 3.8) is 0 Å². The van der Waals surface area contributed by atoms with Crippen molar-refractivity contribution >= 4 is 39.7 Å². The Kier molecular flexibility index (Phi) is 4.97. The van der Waals surface area contributed by atoms with Crippen LogP contribution in [0.2, 0.25) is 0 Å². The monoisotopic (exact) mass is 309 g/mol. The van der Waals surface area contributed by atoms with Crippen LogP contribution >= 0.6 is 23.1 Å². The summed E-state index contributed by atoms with van der Waals surface area (Å²) in [7, 11) is 1.63. The molecule has 0 aliphatic carbocycles. The maximum absolute atomic E-state index is 11.2. The quantitative estimate of drug-likeness (QED) is 0.826. The highest BCUT2D eigenvalue weighted by atomic mass is 32.2. The molecule has 20 heavy (non-hydrogen) atoms. The fourth-order valence-corrected chi connectivity index (χ4v) is 3.26. The summed E-state index contributed by atoms with van der Waals surface area (Å²) in [5.41, 5.74) is 0.915. The van der Waals surface area contributed by atoms with E-state index in [2.05, 4.69) is 15.5 Å². The standard InChI is InChI=1S/C13H15N3O2S2/c1-8(17)9(2)19-13-16-15-12(20-13)14-10-4-6-11(18-3)7-5-10/h4-7,9H,1-3H3,(H,14,15)/t9-/m0/s1. The van der Waals surface area contributed by atoms with Crippen LogP contribution in [0.25, 0.3) is 0 Å². The molecule has 1 atom stereocenters. The highest BCUT2D eigenvalue weighted by Crippen LogP contribution is 2.30. The molecule has 0 saturated heterocycles. The van der Waals surface area contributed by atoms with E-state index in [4.69, 9.17) is 4.74 Å². The average Bonchev–Trinajstić information content (AvgIpc) is 2.86. The van der Waals surface area contributed by atoms with Crippen molar-refractivity contribution in [3.05, 3.63) is 24.3 Å². The molecule has 106 valence electrons. The lowest BCUT2D eigenvalue weighted by Crippen LogP contribution is -2.07. The smallest absolute Gasteiger partial charge is 0.210 e. The SMILES string of the molecule is COc1ccc(Nc2nnc(S[C@@H](C)C(C)=O)s2)cc1. The molecule has 7 heteroatoms. The first-order valence-corrected chi connectivity index (χ1v) is 7.70. The van der Waals surface area contributed by atoms with Crippen molar-refractivity contribution in [2.45, 2.75) is 23.4 Å². The molecular weight excluding hydrogens is 294 g/mol. The van der Waals surface area contributed by atoms with E-state index >= 15 is 0 Å².